The van der Waals surface area contributed by atoms with E-state index in [9.17, 15) is 19.2 Å². The molecule has 1 unspecified atom stereocenters. The molecule has 2 aliphatic heterocycles. The summed E-state index contributed by atoms with van der Waals surface area (Å²) in [5.41, 5.74) is 2.88. The number of piperidine rings is 1. The molecule has 1 aromatic carbocycles. The van der Waals surface area contributed by atoms with Crippen molar-refractivity contribution in [1.82, 2.24) is 10.2 Å². The lowest BCUT2D eigenvalue weighted by Gasteiger charge is -2.38. The maximum atomic E-state index is 12.5. The van der Waals surface area contributed by atoms with E-state index in [4.69, 9.17) is 0 Å². The standard InChI is InChI=1S/C14H13N3O4/c15-7-14(6-5-10(18)16-13(14)21)17-11(19)8-3-1-2-4-9(8)12(17)20/h1-4H,5-7,15H2,(H,16,18,21)/p+1. The fourth-order valence-corrected chi connectivity index (χ4v) is 2.88. The summed E-state index contributed by atoms with van der Waals surface area (Å²) < 4.78 is 0. The van der Waals surface area contributed by atoms with Gasteiger partial charge < -0.3 is 5.73 Å². The quantitative estimate of drug-likeness (QED) is 0.659. The van der Waals surface area contributed by atoms with Gasteiger partial charge in [0, 0.05) is 6.42 Å². The van der Waals surface area contributed by atoms with Crippen LogP contribution in [-0.2, 0) is 9.59 Å². The lowest BCUT2D eigenvalue weighted by Crippen LogP contribution is -2.75. The molecule has 108 valence electrons. The Labute approximate surface area is 120 Å². The topological polar surface area (TPSA) is 111 Å². The predicted molar refractivity (Wildman–Crippen MR) is 69.8 cm³/mol. The summed E-state index contributed by atoms with van der Waals surface area (Å²) in [7, 11) is 0. The lowest BCUT2D eigenvalue weighted by molar-refractivity contribution is -0.384. The Balaban J connectivity index is 2.08. The molecule has 7 nitrogen and oxygen atoms in total. The van der Waals surface area contributed by atoms with Crippen LogP contribution in [0.2, 0.25) is 0 Å². The summed E-state index contributed by atoms with van der Waals surface area (Å²) in [6.45, 7) is 0.0254. The molecule has 0 bridgehead atoms. The number of imide groups is 2. The minimum Gasteiger partial charge on any atom is -0.355 e. The van der Waals surface area contributed by atoms with Gasteiger partial charge in [0.25, 0.3) is 17.7 Å². The molecule has 7 heteroatoms. The number of nitrogens with zero attached hydrogens (tertiary/aromatic N) is 1. The lowest BCUT2D eigenvalue weighted by atomic mass is 9.87. The van der Waals surface area contributed by atoms with Crippen LogP contribution in [0.25, 0.3) is 0 Å². The van der Waals surface area contributed by atoms with E-state index in [1.54, 1.807) is 24.3 Å². The van der Waals surface area contributed by atoms with Crippen LogP contribution >= 0.6 is 0 Å². The molecule has 2 aliphatic rings. The van der Waals surface area contributed by atoms with Gasteiger partial charge in [-0.3, -0.25) is 29.4 Å². The maximum Gasteiger partial charge on any atom is 0.262 e. The molecular formula is C14H14N3O4+. The number of rotatable bonds is 2. The number of hydrogen-bond donors (Lipinski definition) is 2. The molecule has 1 saturated heterocycles. The van der Waals surface area contributed by atoms with E-state index in [1.807, 2.05) is 0 Å². The van der Waals surface area contributed by atoms with Gasteiger partial charge in [-0.05, 0) is 18.6 Å². The Kier molecular flexibility index (Phi) is 2.87. The molecule has 0 saturated carbocycles. The van der Waals surface area contributed by atoms with Gasteiger partial charge in [0.15, 0.2) is 5.54 Å². The molecule has 0 aliphatic carbocycles. The fourth-order valence-electron chi connectivity index (χ4n) is 2.88. The minimum atomic E-state index is -1.39. The fraction of sp³-hybridized carbons (Fsp3) is 0.286. The molecule has 1 fully saturated rings. The normalized spacial score (nSPS) is 25.1. The van der Waals surface area contributed by atoms with Crippen molar-refractivity contribution in [3.63, 3.8) is 0 Å². The van der Waals surface area contributed by atoms with Crippen LogP contribution in [0.5, 0.6) is 0 Å². The van der Waals surface area contributed by atoms with Crippen molar-refractivity contribution in [1.29, 1.82) is 0 Å². The Morgan fingerprint density at radius 3 is 2.14 bits per heavy atom. The van der Waals surface area contributed by atoms with Crippen molar-refractivity contribution in [2.45, 2.75) is 18.4 Å². The van der Waals surface area contributed by atoms with Gasteiger partial charge in [0.1, 0.15) is 6.54 Å². The van der Waals surface area contributed by atoms with Crippen molar-refractivity contribution in [2.75, 3.05) is 6.54 Å². The van der Waals surface area contributed by atoms with E-state index < -0.39 is 29.2 Å². The zero-order valence-corrected chi connectivity index (χ0v) is 11.2. The summed E-state index contributed by atoms with van der Waals surface area (Å²) in [6.07, 6.45) is 0.182. The van der Waals surface area contributed by atoms with E-state index in [-0.39, 0.29) is 30.5 Å². The number of carbonyl (C=O) groups is 4. The second-order valence-electron chi connectivity index (χ2n) is 5.15. The maximum absolute atomic E-state index is 12.5. The monoisotopic (exact) mass is 288 g/mol. The number of fused-ring (bicyclic) bond motifs is 1. The first-order valence-electron chi connectivity index (χ1n) is 6.63. The van der Waals surface area contributed by atoms with E-state index in [2.05, 4.69) is 11.1 Å². The van der Waals surface area contributed by atoms with Crippen LogP contribution in [0.1, 0.15) is 33.6 Å². The van der Waals surface area contributed by atoms with Crippen LogP contribution in [0.4, 0.5) is 0 Å². The summed E-state index contributed by atoms with van der Waals surface area (Å²) >= 11 is 0. The minimum absolute atomic E-state index is 0.0254. The first-order valence-corrected chi connectivity index (χ1v) is 6.63. The van der Waals surface area contributed by atoms with Gasteiger partial charge in [0.05, 0.1) is 11.1 Å². The van der Waals surface area contributed by atoms with Crippen LogP contribution in [0.15, 0.2) is 24.3 Å². The first-order chi connectivity index (χ1) is 10.0. The number of nitrogens with one attached hydrogen (secondary N) is 1. The summed E-state index contributed by atoms with van der Waals surface area (Å²) in [4.78, 5) is 49.6. The highest BCUT2D eigenvalue weighted by atomic mass is 16.2. The molecule has 0 radical (unpaired) electrons. The molecule has 0 spiro atoms. The number of hydrogen-bond acceptors (Lipinski definition) is 4. The highest BCUT2D eigenvalue weighted by molar-refractivity contribution is 6.24. The van der Waals surface area contributed by atoms with E-state index in [1.165, 1.54) is 0 Å². The molecule has 21 heavy (non-hydrogen) atoms. The Bertz CT molecular complexity index is 650. The van der Waals surface area contributed by atoms with Gasteiger partial charge in [0.2, 0.25) is 5.91 Å². The average Bonchev–Trinajstić information content (AvgIpc) is 2.74. The largest absolute Gasteiger partial charge is 0.355 e. The third-order valence-corrected chi connectivity index (χ3v) is 4.08. The second-order valence-corrected chi connectivity index (χ2v) is 5.15. The third kappa shape index (κ3) is 1.71. The smallest absolute Gasteiger partial charge is 0.262 e. The SMILES string of the molecule is [NH3+]CC1(N2C(=O)c3ccccc3C2=O)CCC(=O)NC1=O. The Morgan fingerprint density at radius 2 is 1.67 bits per heavy atom. The van der Waals surface area contributed by atoms with Gasteiger partial charge in [-0.15, -0.1) is 0 Å². The molecule has 1 atom stereocenters. The number of benzene rings is 1. The Morgan fingerprint density at radius 1 is 1.10 bits per heavy atom. The summed E-state index contributed by atoms with van der Waals surface area (Å²) in [5, 5.41) is 2.20. The molecule has 4 N–H and O–H groups in total. The van der Waals surface area contributed by atoms with Crippen LogP contribution < -0.4 is 11.1 Å². The van der Waals surface area contributed by atoms with Crippen molar-refractivity contribution >= 4 is 23.6 Å². The van der Waals surface area contributed by atoms with Gasteiger partial charge in [-0.1, -0.05) is 12.1 Å². The van der Waals surface area contributed by atoms with Gasteiger partial charge in [-0.25, -0.2) is 0 Å². The zero-order valence-electron chi connectivity index (χ0n) is 11.2. The second kappa shape index (κ2) is 4.49. The zero-order chi connectivity index (χ0) is 15.2. The molecule has 2 heterocycles. The van der Waals surface area contributed by atoms with Crippen molar-refractivity contribution in [2.24, 2.45) is 0 Å². The Hall–Kier alpha value is -2.54. The van der Waals surface area contributed by atoms with Gasteiger partial charge in [-0.2, -0.15) is 0 Å². The van der Waals surface area contributed by atoms with Crippen LogP contribution in [-0.4, -0.2) is 40.6 Å². The van der Waals surface area contributed by atoms with Crippen molar-refractivity contribution < 1.29 is 24.9 Å². The van der Waals surface area contributed by atoms with Gasteiger partial charge >= 0.3 is 0 Å². The highest BCUT2D eigenvalue weighted by Gasteiger charge is 2.56. The average molecular weight is 288 g/mol. The third-order valence-electron chi connectivity index (χ3n) is 4.08. The number of amides is 4. The van der Waals surface area contributed by atoms with E-state index >= 15 is 0 Å². The highest BCUT2D eigenvalue weighted by Crippen LogP contribution is 2.33. The van der Waals surface area contributed by atoms with E-state index in [0.29, 0.717) is 0 Å². The molecule has 3 rings (SSSR count). The summed E-state index contributed by atoms with van der Waals surface area (Å²) in [5.74, 6) is -2.06. The van der Waals surface area contributed by atoms with Crippen LogP contribution in [0, 0.1) is 0 Å². The van der Waals surface area contributed by atoms with Crippen molar-refractivity contribution in [3.8, 4) is 0 Å². The molecule has 0 aromatic heterocycles. The van der Waals surface area contributed by atoms with E-state index in [0.717, 1.165) is 4.90 Å². The molecular weight excluding hydrogens is 274 g/mol. The predicted octanol–water partition coefficient (Wildman–Crippen LogP) is -1.30. The number of carbonyl (C=O) groups excluding carboxylic acids is 4. The molecule has 1 aromatic rings. The van der Waals surface area contributed by atoms with Crippen molar-refractivity contribution in [3.05, 3.63) is 35.4 Å². The number of quaternary nitrogens is 1. The summed E-state index contributed by atoms with van der Waals surface area (Å²) in [6, 6.07) is 6.43. The first kappa shape index (κ1) is 13.4. The molecule has 4 amide bonds. The van der Waals surface area contributed by atoms with Crippen LogP contribution in [0.3, 0.4) is 0 Å².